The van der Waals surface area contributed by atoms with Crippen LogP contribution in [0.2, 0.25) is 0 Å². The Hall–Kier alpha value is -1.92. The van der Waals surface area contributed by atoms with Gasteiger partial charge in [0.2, 0.25) is 0 Å². The molecular formula is C8H11N3O4. The first-order valence-electron chi connectivity index (χ1n) is 4.35. The van der Waals surface area contributed by atoms with Gasteiger partial charge in [-0.15, -0.1) is 0 Å². The number of nitrogens with zero attached hydrogens (tertiary/aromatic N) is 3. The Morgan fingerprint density at radius 1 is 1.80 bits per heavy atom. The van der Waals surface area contributed by atoms with Crippen molar-refractivity contribution in [3.63, 3.8) is 0 Å². The van der Waals surface area contributed by atoms with Crippen LogP contribution in [0.1, 0.15) is 20.3 Å². The number of carboxylic acids is 1. The molecular weight excluding hydrogens is 202 g/mol. The van der Waals surface area contributed by atoms with E-state index in [9.17, 15) is 14.9 Å². The fourth-order valence-corrected chi connectivity index (χ4v) is 1.10. The lowest BCUT2D eigenvalue weighted by Gasteiger charge is -2.19. The molecule has 1 aromatic heterocycles. The summed E-state index contributed by atoms with van der Waals surface area (Å²) in [6.07, 6.45) is 1.59. The fraction of sp³-hybridized carbons (Fsp3) is 0.500. The van der Waals surface area contributed by atoms with E-state index in [2.05, 4.69) is 5.10 Å². The first-order valence-corrected chi connectivity index (χ1v) is 4.35. The molecule has 1 atom stereocenters. The van der Waals surface area contributed by atoms with Crippen molar-refractivity contribution in [2.75, 3.05) is 0 Å². The van der Waals surface area contributed by atoms with Crippen LogP contribution in [-0.2, 0) is 10.3 Å². The molecule has 1 N–H and O–H groups in total. The quantitative estimate of drug-likeness (QED) is 0.594. The van der Waals surface area contributed by atoms with Crippen molar-refractivity contribution < 1.29 is 14.8 Å². The highest BCUT2D eigenvalue weighted by Gasteiger charge is 2.37. The molecule has 7 heteroatoms. The minimum Gasteiger partial charge on any atom is -0.479 e. The average Bonchev–Trinajstić information content (AvgIpc) is 2.65. The first kappa shape index (κ1) is 11.2. The van der Waals surface area contributed by atoms with Gasteiger partial charge in [-0.2, -0.15) is 4.68 Å². The van der Waals surface area contributed by atoms with Crippen LogP contribution in [0.15, 0.2) is 12.3 Å². The van der Waals surface area contributed by atoms with Gasteiger partial charge in [0.05, 0.1) is 17.4 Å². The van der Waals surface area contributed by atoms with E-state index in [0.29, 0.717) is 6.42 Å². The lowest BCUT2D eigenvalue weighted by Crippen LogP contribution is -2.38. The van der Waals surface area contributed by atoms with Gasteiger partial charge in [0.1, 0.15) is 0 Å². The number of aromatic nitrogens is 2. The minimum atomic E-state index is -1.24. The third-order valence-electron chi connectivity index (χ3n) is 2.42. The number of carbonyl (C=O) groups is 1. The van der Waals surface area contributed by atoms with Crippen molar-refractivity contribution in [3.05, 3.63) is 22.4 Å². The summed E-state index contributed by atoms with van der Waals surface area (Å²) in [7, 11) is 0. The Morgan fingerprint density at radius 2 is 2.40 bits per heavy atom. The van der Waals surface area contributed by atoms with E-state index >= 15 is 0 Å². The molecule has 0 bridgehead atoms. The second-order valence-corrected chi connectivity index (χ2v) is 3.31. The van der Waals surface area contributed by atoms with Crippen LogP contribution in [0.3, 0.4) is 0 Å². The normalized spacial score (nSPS) is 14.5. The van der Waals surface area contributed by atoms with Gasteiger partial charge in [0, 0.05) is 0 Å². The summed E-state index contributed by atoms with van der Waals surface area (Å²) >= 11 is 0. The van der Waals surface area contributed by atoms with Crippen LogP contribution < -0.4 is 0 Å². The minimum absolute atomic E-state index is 0.293. The molecule has 82 valence electrons. The molecule has 0 aromatic carbocycles. The van der Waals surface area contributed by atoms with Gasteiger partial charge in [-0.3, -0.25) is 0 Å². The fourth-order valence-electron chi connectivity index (χ4n) is 1.10. The van der Waals surface area contributed by atoms with Crippen LogP contribution in [0.25, 0.3) is 0 Å². The zero-order valence-corrected chi connectivity index (χ0v) is 8.38. The van der Waals surface area contributed by atoms with Crippen LogP contribution in [-0.4, -0.2) is 25.8 Å². The summed E-state index contributed by atoms with van der Waals surface area (Å²) in [5, 5.41) is 23.0. The number of aliphatic carboxylic acids is 1. The summed E-state index contributed by atoms with van der Waals surface area (Å²) in [5.41, 5.74) is -1.24. The maximum Gasteiger partial charge on any atom is 0.389 e. The monoisotopic (exact) mass is 213 g/mol. The number of nitro groups is 1. The number of rotatable bonds is 4. The molecule has 15 heavy (non-hydrogen) atoms. The molecule has 7 nitrogen and oxygen atoms in total. The molecule has 0 saturated carbocycles. The summed E-state index contributed by atoms with van der Waals surface area (Å²) < 4.78 is 1.10. The number of carboxylic acid groups (broad SMARTS) is 1. The largest absolute Gasteiger partial charge is 0.479 e. The third-order valence-corrected chi connectivity index (χ3v) is 2.42. The molecule has 0 fully saturated rings. The lowest BCUT2D eigenvalue weighted by molar-refractivity contribution is -0.389. The van der Waals surface area contributed by atoms with Gasteiger partial charge < -0.3 is 15.2 Å². The van der Waals surface area contributed by atoms with Crippen LogP contribution in [0, 0.1) is 10.1 Å². The highest BCUT2D eigenvalue weighted by molar-refractivity contribution is 5.76. The standard InChI is InChI=1S/C8H11N3O4/c1-3-8(2,7(12)13)10-5-4-6(9-10)11(14)15/h4-5H,3H2,1-2H3,(H,12,13). The smallest absolute Gasteiger partial charge is 0.389 e. The van der Waals surface area contributed by atoms with Gasteiger partial charge >= 0.3 is 11.8 Å². The molecule has 0 amide bonds. The van der Waals surface area contributed by atoms with E-state index in [4.69, 9.17) is 5.11 Å². The van der Waals surface area contributed by atoms with Gasteiger partial charge in [-0.1, -0.05) is 6.92 Å². The molecule has 0 aliphatic heterocycles. The predicted molar refractivity (Wildman–Crippen MR) is 50.5 cm³/mol. The van der Waals surface area contributed by atoms with Gasteiger partial charge in [0.25, 0.3) is 0 Å². The van der Waals surface area contributed by atoms with Crippen molar-refractivity contribution in [1.82, 2.24) is 9.78 Å². The van der Waals surface area contributed by atoms with Crippen LogP contribution >= 0.6 is 0 Å². The Kier molecular flexibility index (Phi) is 2.74. The summed E-state index contributed by atoms with van der Waals surface area (Å²) in [6.45, 7) is 3.15. The Balaban J connectivity index is 3.14. The van der Waals surface area contributed by atoms with Crippen molar-refractivity contribution >= 4 is 11.8 Å². The molecule has 0 aliphatic carbocycles. The zero-order valence-electron chi connectivity index (χ0n) is 8.38. The molecule has 1 heterocycles. The molecule has 0 saturated heterocycles. The van der Waals surface area contributed by atoms with E-state index < -0.39 is 16.4 Å². The van der Waals surface area contributed by atoms with E-state index in [-0.39, 0.29) is 5.82 Å². The van der Waals surface area contributed by atoms with E-state index in [1.54, 1.807) is 6.92 Å². The second-order valence-electron chi connectivity index (χ2n) is 3.31. The summed E-state index contributed by atoms with van der Waals surface area (Å²) in [4.78, 5) is 20.7. The van der Waals surface area contributed by atoms with Crippen molar-refractivity contribution in [2.45, 2.75) is 25.8 Å². The maximum atomic E-state index is 11.0. The SMILES string of the molecule is CCC(C)(C(=O)O)n1ccc([N+](=O)[O-])n1. The van der Waals surface area contributed by atoms with Gasteiger partial charge in [0.15, 0.2) is 5.54 Å². The molecule has 1 unspecified atom stereocenters. The van der Waals surface area contributed by atoms with Crippen LogP contribution in [0.5, 0.6) is 0 Å². The molecule has 0 spiro atoms. The summed E-state index contributed by atoms with van der Waals surface area (Å²) in [5.74, 6) is -1.42. The van der Waals surface area contributed by atoms with Gasteiger partial charge in [-0.25, -0.2) is 4.79 Å². The van der Waals surface area contributed by atoms with Crippen molar-refractivity contribution in [2.24, 2.45) is 0 Å². The highest BCUT2D eigenvalue weighted by atomic mass is 16.6. The average molecular weight is 213 g/mol. The molecule has 0 aliphatic rings. The van der Waals surface area contributed by atoms with Gasteiger partial charge in [-0.05, 0) is 18.3 Å². The summed E-state index contributed by atoms with van der Waals surface area (Å²) in [6, 6.07) is 1.18. The second kappa shape index (κ2) is 3.68. The van der Waals surface area contributed by atoms with E-state index in [0.717, 1.165) is 4.68 Å². The number of hydrogen-bond acceptors (Lipinski definition) is 4. The zero-order chi connectivity index (χ0) is 11.6. The Morgan fingerprint density at radius 3 is 2.73 bits per heavy atom. The highest BCUT2D eigenvalue weighted by Crippen LogP contribution is 2.21. The van der Waals surface area contributed by atoms with E-state index in [1.165, 1.54) is 19.2 Å². The predicted octanol–water partition coefficient (Wildman–Crippen LogP) is 1.00. The third kappa shape index (κ3) is 1.80. The first-order chi connectivity index (χ1) is 6.91. The topological polar surface area (TPSA) is 98.3 Å². The van der Waals surface area contributed by atoms with Crippen molar-refractivity contribution in [1.29, 1.82) is 0 Å². The van der Waals surface area contributed by atoms with E-state index in [1.807, 2.05) is 0 Å². The Bertz CT molecular complexity index is 400. The lowest BCUT2D eigenvalue weighted by atomic mass is 10.00. The van der Waals surface area contributed by atoms with Crippen LogP contribution in [0.4, 0.5) is 5.82 Å². The number of hydrogen-bond donors (Lipinski definition) is 1. The molecule has 0 radical (unpaired) electrons. The van der Waals surface area contributed by atoms with Crippen molar-refractivity contribution in [3.8, 4) is 0 Å². The molecule has 1 aromatic rings. The maximum absolute atomic E-state index is 11.0. The Labute approximate surface area is 85.5 Å². The molecule has 1 rings (SSSR count).